The molecule has 0 radical (unpaired) electrons. The highest BCUT2D eigenvalue weighted by molar-refractivity contribution is 4.88. The molecule has 0 aliphatic heterocycles. The lowest BCUT2D eigenvalue weighted by Gasteiger charge is -2.37. The molecule has 0 fully saturated rings. The van der Waals surface area contributed by atoms with Crippen LogP contribution >= 0.6 is 0 Å². The second-order valence-corrected chi connectivity index (χ2v) is 6.39. The van der Waals surface area contributed by atoms with Gasteiger partial charge in [-0.2, -0.15) is 0 Å². The third-order valence-corrected chi connectivity index (χ3v) is 3.68. The van der Waals surface area contributed by atoms with E-state index in [9.17, 15) is 0 Å². The molecule has 2 atom stereocenters. The van der Waals surface area contributed by atoms with E-state index in [2.05, 4.69) is 53.9 Å². The topological polar surface area (TPSA) is 21.3 Å². The Morgan fingerprint density at radius 3 is 2.06 bits per heavy atom. The van der Waals surface area contributed by atoms with Crippen LogP contribution < -0.4 is 5.32 Å². The van der Waals surface area contributed by atoms with Crippen LogP contribution in [-0.2, 0) is 4.74 Å². The number of nitrogens with one attached hydrogen (secondary N) is 1. The second-order valence-electron chi connectivity index (χ2n) is 6.39. The normalized spacial score (nSPS) is 17.8. The third-order valence-electron chi connectivity index (χ3n) is 3.68. The van der Waals surface area contributed by atoms with Gasteiger partial charge >= 0.3 is 0 Å². The van der Waals surface area contributed by atoms with Crippen LogP contribution in [0.1, 0.15) is 67.2 Å². The molecule has 0 amide bonds. The van der Waals surface area contributed by atoms with E-state index in [1.807, 2.05) is 0 Å². The Hall–Kier alpha value is -0.0800. The van der Waals surface area contributed by atoms with Crippen LogP contribution in [0.2, 0.25) is 0 Å². The number of rotatable bonds is 8. The lowest BCUT2D eigenvalue weighted by molar-refractivity contribution is -0.0561. The number of likely N-dealkylation sites (N-methyl/N-ethyl adjacent to an activating group) is 1. The van der Waals surface area contributed by atoms with Crippen LogP contribution in [0.4, 0.5) is 0 Å². The van der Waals surface area contributed by atoms with Crippen LogP contribution in [0.3, 0.4) is 0 Å². The summed E-state index contributed by atoms with van der Waals surface area (Å²) in [5.74, 6) is 0. The molecular weight excluding hydrogens is 210 g/mol. The SMILES string of the molecule is CCOC(C)(CC)C(CCCC(C)(C)C)NC. The van der Waals surface area contributed by atoms with Crippen molar-refractivity contribution in [2.45, 2.75) is 78.9 Å². The van der Waals surface area contributed by atoms with Crippen LogP contribution in [0, 0.1) is 5.41 Å². The highest BCUT2D eigenvalue weighted by Crippen LogP contribution is 2.27. The van der Waals surface area contributed by atoms with Gasteiger partial charge in [0, 0.05) is 12.6 Å². The standard InChI is InChI=1S/C15H33NO/c1-8-15(6,17-9-2)13(16-7)11-10-12-14(3,4)5/h13,16H,8-12H2,1-7H3. The minimum atomic E-state index is -0.0264. The molecule has 0 bridgehead atoms. The monoisotopic (exact) mass is 243 g/mol. The zero-order chi connectivity index (χ0) is 13.5. The number of hydrogen-bond acceptors (Lipinski definition) is 2. The van der Waals surface area contributed by atoms with E-state index in [1.54, 1.807) is 0 Å². The number of ether oxygens (including phenoxy) is 1. The quantitative estimate of drug-likeness (QED) is 0.696. The summed E-state index contributed by atoms with van der Waals surface area (Å²) in [7, 11) is 2.05. The molecule has 0 aromatic heterocycles. The fourth-order valence-corrected chi connectivity index (χ4v) is 2.37. The van der Waals surface area contributed by atoms with Crippen molar-refractivity contribution in [1.29, 1.82) is 0 Å². The van der Waals surface area contributed by atoms with E-state index >= 15 is 0 Å². The van der Waals surface area contributed by atoms with Crippen molar-refractivity contribution >= 4 is 0 Å². The molecular formula is C15H33NO. The van der Waals surface area contributed by atoms with E-state index in [0.29, 0.717) is 11.5 Å². The average Bonchev–Trinajstić information content (AvgIpc) is 2.23. The van der Waals surface area contributed by atoms with Gasteiger partial charge in [0.1, 0.15) is 0 Å². The van der Waals surface area contributed by atoms with E-state index in [0.717, 1.165) is 13.0 Å². The summed E-state index contributed by atoms with van der Waals surface area (Å²) in [6.45, 7) is 14.2. The van der Waals surface area contributed by atoms with Crippen molar-refractivity contribution in [2.75, 3.05) is 13.7 Å². The maximum absolute atomic E-state index is 5.95. The molecule has 0 aliphatic carbocycles. The predicted molar refractivity (Wildman–Crippen MR) is 76.5 cm³/mol. The Bertz CT molecular complexity index is 198. The molecule has 2 unspecified atom stereocenters. The van der Waals surface area contributed by atoms with Crippen LogP contribution in [-0.4, -0.2) is 25.3 Å². The summed E-state index contributed by atoms with van der Waals surface area (Å²) in [5.41, 5.74) is 0.411. The van der Waals surface area contributed by atoms with Gasteiger partial charge in [-0.15, -0.1) is 0 Å². The molecule has 104 valence electrons. The van der Waals surface area contributed by atoms with Crippen molar-refractivity contribution < 1.29 is 4.74 Å². The lowest BCUT2D eigenvalue weighted by atomic mass is 9.85. The maximum atomic E-state index is 5.95. The molecule has 2 heteroatoms. The van der Waals surface area contributed by atoms with E-state index in [4.69, 9.17) is 4.74 Å². The van der Waals surface area contributed by atoms with Gasteiger partial charge in [0.25, 0.3) is 0 Å². The third kappa shape index (κ3) is 6.42. The Morgan fingerprint density at radius 2 is 1.71 bits per heavy atom. The first-order valence-electron chi connectivity index (χ1n) is 7.10. The second kappa shape index (κ2) is 7.38. The summed E-state index contributed by atoms with van der Waals surface area (Å²) in [4.78, 5) is 0. The molecule has 1 N–H and O–H groups in total. The first-order valence-corrected chi connectivity index (χ1v) is 7.10. The highest BCUT2D eigenvalue weighted by atomic mass is 16.5. The van der Waals surface area contributed by atoms with Gasteiger partial charge in [-0.1, -0.05) is 34.1 Å². The van der Waals surface area contributed by atoms with Crippen molar-refractivity contribution in [3.8, 4) is 0 Å². The molecule has 0 saturated heterocycles. The van der Waals surface area contributed by atoms with Crippen LogP contribution in [0.25, 0.3) is 0 Å². The first-order chi connectivity index (χ1) is 7.79. The summed E-state index contributed by atoms with van der Waals surface area (Å²) in [5, 5.41) is 3.44. The van der Waals surface area contributed by atoms with Crippen molar-refractivity contribution in [3.63, 3.8) is 0 Å². The lowest BCUT2D eigenvalue weighted by Crippen LogP contribution is -2.49. The first kappa shape index (κ1) is 16.9. The van der Waals surface area contributed by atoms with E-state index in [1.165, 1.54) is 19.3 Å². The summed E-state index contributed by atoms with van der Waals surface area (Å²) >= 11 is 0. The molecule has 0 rings (SSSR count). The Balaban J connectivity index is 4.30. The Labute approximate surface area is 109 Å². The molecule has 0 saturated carbocycles. The molecule has 0 spiro atoms. The van der Waals surface area contributed by atoms with E-state index < -0.39 is 0 Å². The Kier molecular flexibility index (Phi) is 7.34. The van der Waals surface area contributed by atoms with Gasteiger partial charge in [-0.25, -0.2) is 0 Å². The molecule has 0 aromatic rings. The van der Waals surface area contributed by atoms with Crippen molar-refractivity contribution in [2.24, 2.45) is 5.41 Å². The summed E-state index contributed by atoms with van der Waals surface area (Å²) in [6, 6.07) is 0.454. The molecule has 17 heavy (non-hydrogen) atoms. The van der Waals surface area contributed by atoms with Gasteiger partial charge < -0.3 is 10.1 Å². The minimum absolute atomic E-state index is 0.0264. The molecule has 0 aromatic carbocycles. The molecule has 0 heterocycles. The van der Waals surface area contributed by atoms with Crippen LogP contribution in [0.5, 0.6) is 0 Å². The van der Waals surface area contributed by atoms with Gasteiger partial charge in [-0.05, 0) is 45.6 Å². The summed E-state index contributed by atoms with van der Waals surface area (Å²) in [6.07, 6.45) is 4.79. The van der Waals surface area contributed by atoms with Gasteiger partial charge in [-0.3, -0.25) is 0 Å². The fourth-order valence-electron chi connectivity index (χ4n) is 2.37. The predicted octanol–water partition coefficient (Wildman–Crippen LogP) is 4.00. The van der Waals surface area contributed by atoms with Crippen molar-refractivity contribution in [1.82, 2.24) is 5.32 Å². The van der Waals surface area contributed by atoms with Crippen LogP contribution in [0.15, 0.2) is 0 Å². The van der Waals surface area contributed by atoms with E-state index in [-0.39, 0.29) is 5.60 Å². The summed E-state index contributed by atoms with van der Waals surface area (Å²) < 4.78 is 5.95. The van der Waals surface area contributed by atoms with Crippen molar-refractivity contribution in [3.05, 3.63) is 0 Å². The Morgan fingerprint density at radius 1 is 1.12 bits per heavy atom. The fraction of sp³-hybridized carbons (Fsp3) is 1.00. The zero-order valence-corrected chi connectivity index (χ0v) is 13.0. The smallest absolute Gasteiger partial charge is 0.0803 e. The largest absolute Gasteiger partial charge is 0.374 e. The highest BCUT2D eigenvalue weighted by Gasteiger charge is 2.31. The van der Waals surface area contributed by atoms with Gasteiger partial charge in [0.15, 0.2) is 0 Å². The maximum Gasteiger partial charge on any atom is 0.0803 e. The number of hydrogen-bond donors (Lipinski definition) is 1. The zero-order valence-electron chi connectivity index (χ0n) is 13.0. The van der Waals surface area contributed by atoms with Gasteiger partial charge in [0.2, 0.25) is 0 Å². The molecule has 2 nitrogen and oxygen atoms in total. The van der Waals surface area contributed by atoms with Gasteiger partial charge in [0.05, 0.1) is 5.60 Å². The minimum Gasteiger partial charge on any atom is -0.374 e. The molecule has 0 aliphatic rings. The average molecular weight is 243 g/mol.